The minimum atomic E-state index is 0.741. The Hall–Kier alpha value is -2.43. The fraction of sp³-hybridized carbons (Fsp3) is 0.267. The molecule has 2 aromatic heterocycles. The molecule has 20 heavy (non-hydrogen) atoms. The number of fused-ring (bicyclic) bond motifs is 1. The second-order valence-corrected chi connectivity index (χ2v) is 4.85. The first-order chi connectivity index (χ1) is 9.69. The summed E-state index contributed by atoms with van der Waals surface area (Å²) >= 11 is 0. The van der Waals surface area contributed by atoms with Crippen LogP contribution in [0.3, 0.4) is 0 Å². The van der Waals surface area contributed by atoms with E-state index in [1.54, 1.807) is 12.7 Å². The molecule has 0 fully saturated rings. The molecule has 3 rings (SSSR count). The molecule has 0 spiro atoms. The van der Waals surface area contributed by atoms with Gasteiger partial charge in [0.25, 0.3) is 0 Å². The highest BCUT2D eigenvalue weighted by Gasteiger charge is 2.09. The number of hydrogen-bond acceptors (Lipinski definition) is 4. The summed E-state index contributed by atoms with van der Waals surface area (Å²) in [6.07, 6.45) is 3.37. The molecule has 0 aliphatic heterocycles. The van der Waals surface area contributed by atoms with Gasteiger partial charge in [-0.15, -0.1) is 0 Å². The molecule has 0 atom stereocenters. The van der Waals surface area contributed by atoms with Crippen LogP contribution in [0.1, 0.15) is 18.1 Å². The Bertz CT molecular complexity index is 760. The van der Waals surface area contributed by atoms with E-state index in [0.29, 0.717) is 0 Å². The maximum absolute atomic E-state index is 4.40. The SMILES string of the molecule is CCn1cnc2c(Nc3ccc(C)c(C)c3)ncnc21. The van der Waals surface area contributed by atoms with Gasteiger partial charge in [0.05, 0.1) is 6.33 Å². The number of imidazole rings is 1. The molecule has 0 aliphatic rings. The van der Waals surface area contributed by atoms with Crippen LogP contribution in [0.4, 0.5) is 11.5 Å². The normalized spacial score (nSPS) is 10.9. The molecule has 1 N–H and O–H groups in total. The zero-order chi connectivity index (χ0) is 14.1. The van der Waals surface area contributed by atoms with Gasteiger partial charge in [0.1, 0.15) is 6.33 Å². The van der Waals surface area contributed by atoms with Crippen LogP contribution in [-0.4, -0.2) is 19.5 Å². The molecule has 0 amide bonds. The van der Waals surface area contributed by atoms with Crippen molar-refractivity contribution in [3.63, 3.8) is 0 Å². The van der Waals surface area contributed by atoms with E-state index in [4.69, 9.17) is 0 Å². The summed E-state index contributed by atoms with van der Waals surface area (Å²) < 4.78 is 2.00. The van der Waals surface area contributed by atoms with Gasteiger partial charge in [0.15, 0.2) is 17.0 Å². The summed E-state index contributed by atoms with van der Waals surface area (Å²) in [6.45, 7) is 7.11. The predicted octanol–water partition coefficient (Wildman–Crippen LogP) is 3.21. The number of rotatable bonds is 3. The van der Waals surface area contributed by atoms with Crippen molar-refractivity contribution in [3.05, 3.63) is 42.0 Å². The fourth-order valence-electron chi connectivity index (χ4n) is 2.16. The highest BCUT2D eigenvalue weighted by Crippen LogP contribution is 2.23. The van der Waals surface area contributed by atoms with Gasteiger partial charge in [-0.3, -0.25) is 0 Å². The van der Waals surface area contributed by atoms with Gasteiger partial charge >= 0.3 is 0 Å². The Balaban J connectivity index is 2.02. The fourth-order valence-corrected chi connectivity index (χ4v) is 2.16. The number of nitrogens with zero attached hydrogens (tertiary/aromatic N) is 4. The van der Waals surface area contributed by atoms with Crippen LogP contribution in [0.15, 0.2) is 30.9 Å². The van der Waals surface area contributed by atoms with Crippen LogP contribution in [0, 0.1) is 13.8 Å². The number of aromatic nitrogens is 4. The summed E-state index contributed by atoms with van der Waals surface area (Å²) in [4.78, 5) is 13.0. The van der Waals surface area contributed by atoms with Gasteiger partial charge in [-0.05, 0) is 44.0 Å². The standard InChI is InChI=1S/C15H17N5/c1-4-20-9-18-13-14(16-8-17-15(13)20)19-12-6-5-10(2)11(3)7-12/h5-9H,4H2,1-3H3,(H,16,17,19). The van der Waals surface area contributed by atoms with Crippen molar-refractivity contribution >= 4 is 22.7 Å². The lowest BCUT2D eigenvalue weighted by Gasteiger charge is -2.08. The maximum atomic E-state index is 4.40. The van der Waals surface area contributed by atoms with Crippen LogP contribution >= 0.6 is 0 Å². The molecule has 102 valence electrons. The lowest BCUT2D eigenvalue weighted by Crippen LogP contribution is -1.98. The molecule has 1 aromatic carbocycles. The van der Waals surface area contributed by atoms with Crippen molar-refractivity contribution in [2.24, 2.45) is 0 Å². The van der Waals surface area contributed by atoms with Gasteiger partial charge in [0, 0.05) is 12.2 Å². The first kappa shape index (κ1) is 12.6. The molecule has 5 nitrogen and oxygen atoms in total. The molecule has 0 radical (unpaired) electrons. The van der Waals surface area contributed by atoms with Gasteiger partial charge < -0.3 is 9.88 Å². The van der Waals surface area contributed by atoms with Crippen LogP contribution in [0.25, 0.3) is 11.2 Å². The van der Waals surface area contributed by atoms with E-state index in [0.717, 1.165) is 29.2 Å². The molecule has 5 heteroatoms. The minimum absolute atomic E-state index is 0.741. The quantitative estimate of drug-likeness (QED) is 0.791. The second-order valence-electron chi connectivity index (χ2n) is 4.85. The van der Waals surface area contributed by atoms with E-state index in [2.05, 4.69) is 53.2 Å². The molecule has 3 aromatic rings. The Kier molecular flexibility index (Phi) is 3.10. The number of hydrogen-bond donors (Lipinski definition) is 1. The Morgan fingerprint density at radius 2 is 1.95 bits per heavy atom. The van der Waals surface area contributed by atoms with E-state index in [9.17, 15) is 0 Å². The summed E-state index contributed by atoms with van der Waals surface area (Å²) in [5, 5.41) is 3.33. The summed E-state index contributed by atoms with van der Waals surface area (Å²) in [7, 11) is 0. The summed E-state index contributed by atoms with van der Waals surface area (Å²) in [5.74, 6) is 0.741. The molecule has 0 bridgehead atoms. The zero-order valence-corrected chi connectivity index (χ0v) is 11.9. The first-order valence-corrected chi connectivity index (χ1v) is 6.69. The Morgan fingerprint density at radius 1 is 1.10 bits per heavy atom. The van der Waals surface area contributed by atoms with Gasteiger partial charge in [-0.2, -0.15) is 0 Å². The Morgan fingerprint density at radius 3 is 2.70 bits per heavy atom. The molecule has 0 saturated heterocycles. The number of benzene rings is 1. The predicted molar refractivity (Wildman–Crippen MR) is 80.2 cm³/mol. The van der Waals surface area contributed by atoms with E-state index in [-0.39, 0.29) is 0 Å². The van der Waals surface area contributed by atoms with Crippen LogP contribution in [-0.2, 0) is 6.54 Å². The monoisotopic (exact) mass is 267 g/mol. The van der Waals surface area contributed by atoms with Crippen molar-refractivity contribution in [1.82, 2.24) is 19.5 Å². The van der Waals surface area contributed by atoms with Gasteiger partial charge in [0.2, 0.25) is 0 Å². The van der Waals surface area contributed by atoms with Crippen molar-refractivity contribution in [2.75, 3.05) is 5.32 Å². The van der Waals surface area contributed by atoms with Crippen molar-refractivity contribution in [2.45, 2.75) is 27.3 Å². The third kappa shape index (κ3) is 2.11. The smallest absolute Gasteiger partial charge is 0.165 e. The lowest BCUT2D eigenvalue weighted by molar-refractivity contribution is 0.777. The second kappa shape index (κ2) is 4.92. The number of nitrogens with one attached hydrogen (secondary N) is 1. The van der Waals surface area contributed by atoms with E-state index < -0.39 is 0 Å². The zero-order valence-electron chi connectivity index (χ0n) is 11.9. The topological polar surface area (TPSA) is 55.6 Å². The highest BCUT2D eigenvalue weighted by molar-refractivity contribution is 5.85. The first-order valence-electron chi connectivity index (χ1n) is 6.69. The van der Waals surface area contributed by atoms with Crippen molar-refractivity contribution in [3.8, 4) is 0 Å². The van der Waals surface area contributed by atoms with E-state index in [1.807, 2.05) is 10.6 Å². The average molecular weight is 267 g/mol. The average Bonchev–Trinajstić information content (AvgIpc) is 2.87. The molecule has 2 heterocycles. The minimum Gasteiger partial charge on any atom is -0.338 e. The van der Waals surface area contributed by atoms with Crippen LogP contribution < -0.4 is 5.32 Å². The number of aryl methyl sites for hydroxylation is 3. The van der Waals surface area contributed by atoms with E-state index in [1.165, 1.54) is 11.1 Å². The van der Waals surface area contributed by atoms with Crippen molar-refractivity contribution < 1.29 is 0 Å². The molecule has 0 unspecified atom stereocenters. The van der Waals surface area contributed by atoms with Crippen LogP contribution in [0.5, 0.6) is 0 Å². The Labute approximate surface area is 117 Å². The molecular formula is C15H17N5. The molecular weight excluding hydrogens is 250 g/mol. The summed E-state index contributed by atoms with van der Waals surface area (Å²) in [6, 6.07) is 6.26. The molecule has 0 saturated carbocycles. The van der Waals surface area contributed by atoms with Gasteiger partial charge in [-0.1, -0.05) is 6.07 Å². The largest absolute Gasteiger partial charge is 0.338 e. The number of anilines is 2. The van der Waals surface area contributed by atoms with Gasteiger partial charge in [-0.25, -0.2) is 15.0 Å². The maximum Gasteiger partial charge on any atom is 0.165 e. The lowest BCUT2D eigenvalue weighted by atomic mass is 10.1. The molecule has 0 aliphatic carbocycles. The third-order valence-electron chi connectivity index (χ3n) is 3.51. The van der Waals surface area contributed by atoms with Crippen molar-refractivity contribution in [1.29, 1.82) is 0 Å². The van der Waals surface area contributed by atoms with E-state index >= 15 is 0 Å². The van der Waals surface area contributed by atoms with Crippen LogP contribution in [0.2, 0.25) is 0 Å². The third-order valence-corrected chi connectivity index (χ3v) is 3.51. The highest BCUT2D eigenvalue weighted by atomic mass is 15.1. The summed E-state index contributed by atoms with van der Waals surface area (Å²) in [5.41, 5.74) is 5.19.